The minimum Gasteiger partial charge on any atom is -0.345 e. The third kappa shape index (κ3) is 3.31. The number of imidazole rings is 1. The zero-order chi connectivity index (χ0) is 13.0. The number of hydrogen-bond donors (Lipinski definition) is 2. The van der Waals surface area contributed by atoms with Crippen molar-refractivity contribution in [2.45, 2.75) is 19.9 Å². The first-order chi connectivity index (χ1) is 8.69. The number of aromatic amines is 1. The van der Waals surface area contributed by atoms with Crippen LogP contribution < -0.4 is 5.73 Å². The van der Waals surface area contributed by atoms with Crippen LogP contribution in [0.1, 0.15) is 18.9 Å². The van der Waals surface area contributed by atoms with E-state index in [-0.39, 0.29) is 0 Å². The summed E-state index contributed by atoms with van der Waals surface area (Å²) in [5.74, 6) is 0.649. The molecule has 4 nitrogen and oxygen atoms in total. The SMILES string of the molecule is CC(CCN)CN(C)Cc1ccc2nc[nH]c2c1. The minimum atomic E-state index is 0.649. The van der Waals surface area contributed by atoms with Gasteiger partial charge >= 0.3 is 0 Å². The second-order valence-corrected chi connectivity index (χ2v) is 5.13. The van der Waals surface area contributed by atoms with Crippen LogP contribution in [0.4, 0.5) is 0 Å². The summed E-state index contributed by atoms with van der Waals surface area (Å²) in [7, 11) is 2.16. The summed E-state index contributed by atoms with van der Waals surface area (Å²) < 4.78 is 0. The lowest BCUT2D eigenvalue weighted by molar-refractivity contribution is 0.273. The zero-order valence-corrected chi connectivity index (χ0v) is 11.2. The van der Waals surface area contributed by atoms with Gasteiger partial charge in [-0.05, 0) is 43.6 Å². The average molecular weight is 246 g/mol. The monoisotopic (exact) mass is 246 g/mol. The van der Waals surface area contributed by atoms with Gasteiger partial charge < -0.3 is 15.6 Å². The van der Waals surface area contributed by atoms with Gasteiger partial charge in [-0.1, -0.05) is 13.0 Å². The number of benzene rings is 1. The number of aromatic nitrogens is 2. The molecule has 18 heavy (non-hydrogen) atoms. The van der Waals surface area contributed by atoms with Crippen molar-refractivity contribution in [3.63, 3.8) is 0 Å². The molecule has 98 valence electrons. The van der Waals surface area contributed by atoms with E-state index in [1.54, 1.807) is 6.33 Å². The van der Waals surface area contributed by atoms with Crippen LogP contribution in [0, 0.1) is 5.92 Å². The molecule has 0 saturated heterocycles. The molecule has 0 aliphatic rings. The number of hydrogen-bond acceptors (Lipinski definition) is 3. The molecule has 1 heterocycles. The third-order valence-electron chi connectivity index (χ3n) is 3.22. The molecule has 0 bridgehead atoms. The summed E-state index contributed by atoms with van der Waals surface area (Å²) in [4.78, 5) is 9.72. The highest BCUT2D eigenvalue weighted by Gasteiger charge is 2.07. The van der Waals surface area contributed by atoms with Gasteiger partial charge in [0.15, 0.2) is 0 Å². The Bertz CT molecular complexity index is 491. The van der Waals surface area contributed by atoms with Crippen molar-refractivity contribution in [1.82, 2.24) is 14.9 Å². The summed E-state index contributed by atoms with van der Waals surface area (Å²) >= 11 is 0. The highest BCUT2D eigenvalue weighted by molar-refractivity contribution is 5.74. The standard InChI is InChI=1S/C14H22N4/c1-11(5-6-15)8-18(2)9-12-3-4-13-14(7-12)17-10-16-13/h3-4,7,10-11H,5-6,8-9,15H2,1-2H3,(H,16,17). The lowest BCUT2D eigenvalue weighted by Crippen LogP contribution is -2.25. The quantitative estimate of drug-likeness (QED) is 0.819. The van der Waals surface area contributed by atoms with Crippen LogP contribution in [0.5, 0.6) is 0 Å². The van der Waals surface area contributed by atoms with Crippen LogP contribution in [-0.4, -0.2) is 35.0 Å². The van der Waals surface area contributed by atoms with E-state index in [0.717, 1.165) is 37.1 Å². The molecule has 1 aromatic heterocycles. The normalized spacial score (nSPS) is 13.3. The van der Waals surface area contributed by atoms with E-state index in [0.29, 0.717) is 5.92 Å². The molecular weight excluding hydrogens is 224 g/mol. The third-order valence-corrected chi connectivity index (χ3v) is 3.22. The van der Waals surface area contributed by atoms with Gasteiger partial charge in [0.1, 0.15) is 0 Å². The predicted octanol–water partition coefficient (Wildman–Crippen LogP) is 1.98. The van der Waals surface area contributed by atoms with Gasteiger partial charge in [-0.15, -0.1) is 0 Å². The van der Waals surface area contributed by atoms with Gasteiger partial charge in [-0.25, -0.2) is 4.98 Å². The summed E-state index contributed by atoms with van der Waals surface area (Å²) in [6.45, 7) is 5.07. The van der Waals surface area contributed by atoms with E-state index in [4.69, 9.17) is 5.73 Å². The van der Waals surface area contributed by atoms with Crippen molar-refractivity contribution in [2.24, 2.45) is 11.7 Å². The van der Waals surface area contributed by atoms with Crippen molar-refractivity contribution in [3.05, 3.63) is 30.1 Å². The molecule has 3 N–H and O–H groups in total. The second-order valence-electron chi connectivity index (χ2n) is 5.13. The largest absolute Gasteiger partial charge is 0.345 e. The number of nitrogens with zero attached hydrogens (tertiary/aromatic N) is 2. The molecule has 2 aromatic rings. The molecule has 0 spiro atoms. The van der Waals surface area contributed by atoms with Crippen molar-refractivity contribution >= 4 is 11.0 Å². The number of nitrogens with two attached hydrogens (primary N) is 1. The van der Waals surface area contributed by atoms with Crippen LogP contribution in [-0.2, 0) is 6.54 Å². The first-order valence-electron chi connectivity index (χ1n) is 6.49. The topological polar surface area (TPSA) is 57.9 Å². The lowest BCUT2D eigenvalue weighted by atomic mass is 10.1. The van der Waals surface area contributed by atoms with E-state index in [9.17, 15) is 0 Å². The number of nitrogens with one attached hydrogen (secondary N) is 1. The van der Waals surface area contributed by atoms with Gasteiger partial charge in [0.2, 0.25) is 0 Å². The molecule has 0 amide bonds. The molecular formula is C14H22N4. The molecule has 0 aliphatic carbocycles. The summed E-state index contributed by atoms with van der Waals surface area (Å²) in [5.41, 5.74) is 9.03. The Morgan fingerprint density at radius 2 is 2.28 bits per heavy atom. The van der Waals surface area contributed by atoms with E-state index in [1.807, 2.05) is 0 Å². The molecule has 0 fully saturated rings. The Morgan fingerprint density at radius 3 is 3.06 bits per heavy atom. The van der Waals surface area contributed by atoms with Crippen LogP contribution in [0.15, 0.2) is 24.5 Å². The molecule has 4 heteroatoms. The maximum atomic E-state index is 5.58. The first kappa shape index (κ1) is 13.1. The minimum absolute atomic E-state index is 0.649. The van der Waals surface area contributed by atoms with Crippen molar-refractivity contribution in [1.29, 1.82) is 0 Å². The summed E-state index contributed by atoms with van der Waals surface area (Å²) in [5, 5.41) is 0. The summed E-state index contributed by atoms with van der Waals surface area (Å²) in [6.07, 6.45) is 2.82. The highest BCUT2D eigenvalue weighted by atomic mass is 15.1. The molecule has 2 rings (SSSR count). The smallest absolute Gasteiger partial charge is 0.0931 e. The zero-order valence-electron chi connectivity index (χ0n) is 11.2. The highest BCUT2D eigenvalue weighted by Crippen LogP contribution is 2.13. The Labute approximate surface area is 108 Å². The molecule has 0 radical (unpaired) electrons. The van der Waals surface area contributed by atoms with E-state index < -0.39 is 0 Å². The molecule has 1 atom stereocenters. The van der Waals surface area contributed by atoms with Crippen LogP contribution in [0.25, 0.3) is 11.0 Å². The van der Waals surface area contributed by atoms with Gasteiger partial charge in [0.25, 0.3) is 0 Å². The Morgan fingerprint density at radius 1 is 1.44 bits per heavy atom. The van der Waals surface area contributed by atoms with Crippen molar-refractivity contribution in [3.8, 4) is 0 Å². The maximum absolute atomic E-state index is 5.58. The fraction of sp³-hybridized carbons (Fsp3) is 0.500. The molecule has 0 aliphatic heterocycles. The van der Waals surface area contributed by atoms with Crippen LogP contribution >= 0.6 is 0 Å². The van der Waals surface area contributed by atoms with Crippen LogP contribution in [0.2, 0.25) is 0 Å². The van der Waals surface area contributed by atoms with Crippen LogP contribution in [0.3, 0.4) is 0 Å². The predicted molar refractivity (Wildman–Crippen MR) is 75.3 cm³/mol. The molecule has 0 saturated carbocycles. The van der Waals surface area contributed by atoms with Crippen molar-refractivity contribution in [2.75, 3.05) is 20.1 Å². The van der Waals surface area contributed by atoms with Gasteiger partial charge in [0.05, 0.1) is 17.4 Å². The maximum Gasteiger partial charge on any atom is 0.0931 e. The first-order valence-corrected chi connectivity index (χ1v) is 6.49. The van der Waals surface area contributed by atoms with E-state index in [1.165, 1.54) is 5.56 Å². The fourth-order valence-electron chi connectivity index (χ4n) is 2.37. The lowest BCUT2D eigenvalue weighted by Gasteiger charge is -2.21. The molecule has 1 aromatic carbocycles. The Hall–Kier alpha value is -1.39. The summed E-state index contributed by atoms with van der Waals surface area (Å²) in [6, 6.07) is 6.39. The van der Waals surface area contributed by atoms with Gasteiger partial charge in [0, 0.05) is 13.1 Å². The molecule has 1 unspecified atom stereocenters. The fourth-order valence-corrected chi connectivity index (χ4v) is 2.37. The number of H-pyrrole nitrogens is 1. The number of rotatable bonds is 6. The van der Waals surface area contributed by atoms with E-state index in [2.05, 4.69) is 47.0 Å². The van der Waals surface area contributed by atoms with Crippen molar-refractivity contribution < 1.29 is 0 Å². The Kier molecular flexibility index (Phi) is 4.33. The average Bonchev–Trinajstić information content (AvgIpc) is 2.76. The van der Waals surface area contributed by atoms with Gasteiger partial charge in [-0.2, -0.15) is 0 Å². The Balaban J connectivity index is 1.95. The second kappa shape index (κ2) is 5.98. The van der Waals surface area contributed by atoms with Gasteiger partial charge in [-0.3, -0.25) is 0 Å². The number of fused-ring (bicyclic) bond motifs is 1. The van der Waals surface area contributed by atoms with E-state index >= 15 is 0 Å².